The third-order valence-electron chi connectivity index (χ3n) is 3.00. The second kappa shape index (κ2) is 4.03. The number of nitro benzene ring substituents is 1. The molecule has 1 aromatic carbocycles. The van der Waals surface area contributed by atoms with Gasteiger partial charge in [0.15, 0.2) is 0 Å². The highest BCUT2D eigenvalue weighted by Gasteiger charge is 2.39. The van der Waals surface area contributed by atoms with Gasteiger partial charge in [0.05, 0.1) is 16.6 Å². The molecule has 1 fully saturated rings. The molecule has 4 nitrogen and oxygen atoms in total. The number of aliphatic hydroxyl groups is 1. The zero-order valence-electron chi connectivity index (χ0n) is 8.95. The fourth-order valence-electron chi connectivity index (χ4n) is 1.67. The zero-order valence-corrected chi connectivity index (χ0v) is 8.95. The molecule has 0 heterocycles. The number of nitro groups is 1. The molecular weight excluding hydrogens is 232 g/mol. The SMILES string of the molecule is O=[N+]([O-])c1cc(F)c(CCC2(O)CC2)cc1F. The monoisotopic (exact) mass is 243 g/mol. The van der Waals surface area contributed by atoms with Crippen LogP contribution in [0.3, 0.4) is 0 Å². The maximum absolute atomic E-state index is 13.4. The molecule has 1 aliphatic carbocycles. The predicted molar refractivity (Wildman–Crippen MR) is 55.5 cm³/mol. The van der Waals surface area contributed by atoms with E-state index in [9.17, 15) is 24.0 Å². The third-order valence-corrected chi connectivity index (χ3v) is 3.00. The molecule has 0 bridgehead atoms. The van der Waals surface area contributed by atoms with Gasteiger partial charge in [-0.05, 0) is 37.3 Å². The van der Waals surface area contributed by atoms with Gasteiger partial charge in [-0.2, -0.15) is 4.39 Å². The Labute approximate surface area is 96.0 Å². The van der Waals surface area contributed by atoms with E-state index in [-0.39, 0.29) is 12.0 Å². The lowest BCUT2D eigenvalue weighted by Gasteiger charge is -2.08. The highest BCUT2D eigenvalue weighted by Crippen LogP contribution is 2.39. The summed E-state index contributed by atoms with van der Waals surface area (Å²) in [6.45, 7) is 0. The van der Waals surface area contributed by atoms with Crippen molar-refractivity contribution in [3.05, 3.63) is 39.4 Å². The van der Waals surface area contributed by atoms with Gasteiger partial charge in [-0.25, -0.2) is 4.39 Å². The largest absolute Gasteiger partial charge is 0.390 e. The average molecular weight is 243 g/mol. The summed E-state index contributed by atoms with van der Waals surface area (Å²) in [5.41, 5.74) is -1.55. The molecule has 1 aliphatic rings. The fourth-order valence-corrected chi connectivity index (χ4v) is 1.67. The van der Waals surface area contributed by atoms with Gasteiger partial charge in [-0.1, -0.05) is 0 Å². The first-order valence-electron chi connectivity index (χ1n) is 5.26. The molecular formula is C11H11F2NO3. The average Bonchev–Trinajstić information content (AvgIpc) is 2.97. The molecule has 0 radical (unpaired) electrons. The van der Waals surface area contributed by atoms with Crippen LogP contribution in [0, 0.1) is 21.7 Å². The smallest absolute Gasteiger partial charge is 0.307 e. The summed E-state index contributed by atoms with van der Waals surface area (Å²) in [6, 6.07) is 1.42. The Bertz CT molecular complexity index is 472. The van der Waals surface area contributed by atoms with Crippen LogP contribution in [-0.4, -0.2) is 15.6 Å². The highest BCUT2D eigenvalue weighted by atomic mass is 19.1. The number of halogens is 2. The second-order valence-electron chi connectivity index (χ2n) is 4.38. The zero-order chi connectivity index (χ0) is 12.6. The van der Waals surface area contributed by atoms with Crippen molar-refractivity contribution in [2.24, 2.45) is 0 Å². The summed E-state index contributed by atoms with van der Waals surface area (Å²) < 4.78 is 26.7. The summed E-state index contributed by atoms with van der Waals surface area (Å²) >= 11 is 0. The molecule has 2 rings (SSSR count). The summed E-state index contributed by atoms with van der Waals surface area (Å²) in [6.07, 6.45) is 1.87. The summed E-state index contributed by atoms with van der Waals surface area (Å²) in [4.78, 5) is 9.41. The second-order valence-corrected chi connectivity index (χ2v) is 4.38. The molecule has 0 saturated heterocycles. The normalized spacial score (nSPS) is 16.9. The van der Waals surface area contributed by atoms with Crippen molar-refractivity contribution in [1.82, 2.24) is 0 Å². The van der Waals surface area contributed by atoms with E-state index in [0.29, 0.717) is 25.3 Å². The Kier molecular flexibility index (Phi) is 2.82. The van der Waals surface area contributed by atoms with E-state index < -0.39 is 27.8 Å². The van der Waals surface area contributed by atoms with Crippen LogP contribution >= 0.6 is 0 Å². The van der Waals surface area contributed by atoms with Crippen LogP contribution in [0.5, 0.6) is 0 Å². The van der Waals surface area contributed by atoms with Crippen molar-refractivity contribution in [3.8, 4) is 0 Å². The van der Waals surface area contributed by atoms with Crippen molar-refractivity contribution in [2.45, 2.75) is 31.3 Å². The van der Waals surface area contributed by atoms with E-state index in [1.807, 2.05) is 0 Å². The van der Waals surface area contributed by atoms with Crippen LogP contribution in [0.15, 0.2) is 12.1 Å². The minimum atomic E-state index is -1.05. The minimum absolute atomic E-state index is 0.0634. The van der Waals surface area contributed by atoms with Crippen LogP contribution in [-0.2, 0) is 6.42 Å². The molecule has 6 heteroatoms. The van der Waals surface area contributed by atoms with E-state index in [1.54, 1.807) is 0 Å². The maximum Gasteiger partial charge on any atom is 0.307 e. The number of benzene rings is 1. The molecule has 0 unspecified atom stereocenters. The maximum atomic E-state index is 13.4. The lowest BCUT2D eigenvalue weighted by atomic mass is 10.0. The lowest BCUT2D eigenvalue weighted by molar-refractivity contribution is -0.387. The number of aryl methyl sites for hydroxylation is 1. The van der Waals surface area contributed by atoms with Gasteiger partial charge >= 0.3 is 5.69 Å². The molecule has 92 valence electrons. The number of hydrogen-bond donors (Lipinski definition) is 1. The topological polar surface area (TPSA) is 63.4 Å². The quantitative estimate of drug-likeness (QED) is 0.652. The Balaban J connectivity index is 2.17. The molecule has 0 aliphatic heterocycles. The highest BCUT2D eigenvalue weighted by molar-refractivity contribution is 5.36. The Morgan fingerprint density at radius 3 is 2.53 bits per heavy atom. The van der Waals surface area contributed by atoms with Crippen LogP contribution in [0.2, 0.25) is 0 Å². The van der Waals surface area contributed by atoms with E-state index in [2.05, 4.69) is 0 Å². The van der Waals surface area contributed by atoms with E-state index >= 15 is 0 Å². The van der Waals surface area contributed by atoms with Gasteiger partial charge in [0.25, 0.3) is 0 Å². The first-order chi connectivity index (χ1) is 7.91. The van der Waals surface area contributed by atoms with Crippen molar-refractivity contribution < 1.29 is 18.8 Å². The van der Waals surface area contributed by atoms with Crippen LogP contribution < -0.4 is 0 Å². The Morgan fingerprint density at radius 2 is 2.00 bits per heavy atom. The molecule has 1 saturated carbocycles. The predicted octanol–water partition coefficient (Wildman–Crippen LogP) is 2.33. The lowest BCUT2D eigenvalue weighted by Crippen LogP contribution is -2.09. The van der Waals surface area contributed by atoms with Gasteiger partial charge in [0, 0.05) is 0 Å². The summed E-state index contributed by atoms with van der Waals surface area (Å²) in [7, 11) is 0. The van der Waals surface area contributed by atoms with Crippen molar-refractivity contribution in [1.29, 1.82) is 0 Å². The first kappa shape index (κ1) is 11.9. The molecule has 0 aromatic heterocycles. The van der Waals surface area contributed by atoms with Gasteiger partial charge in [0.2, 0.25) is 5.82 Å². The van der Waals surface area contributed by atoms with Crippen molar-refractivity contribution >= 4 is 5.69 Å². The third kappa shape index (κ3) is 2.58. The van der Waals surface area contributed by atoms with Crippen LogP contribution in [0.1, 0.15) is 24.8 Å². The van der Waals surface area contributed by atoms with Crippen LogP contribution in [0.25, 0.3) is 0 Å². The van der Waals surface area contributed by atoms with Crippen molar-refractivity contribution in [3.63, 3.8) is 0 Å². The molecule has 1 N–H and O–H groups in total. The molecule has 0 spiro atoms. The Morgan fingerprint density at radius 1 is 1.35 bits per heavy atom. The van der Waals surface area contributed by atoms with Gasteiger partial charge in [-0.3, -0.25) is 10.1 Å². The van der Waals surface area contributed by atoms with Gasteiger partial charge < -0.3 is 5.11 Å². The van der Waals surface area contributed by atoms with E-state index in [1.165, 1.54) is 0 Å². The minimum Gasteiger partial charge on any atom is -0.390 e. The summed E-state index contributed by atoms with van der Waals surface area (Å²) in [5, 5.41) is 19.9. The molecule has 17 heavy (non-hydrogen) atoms. The number of rotatable bonds is 4. The number of nitrogens with zero attached hydrogens (tertiary/aromatic N) is 1. The van der Waals surface area contributed by atoms with E-state index in [0.717, 1.165) is 6.07 Å². The Hall–Kier alpha value is -1.56. The molecule has 0 atom stereocenters. The number of hydrogen-bond acceptors (Lipinski definition) is 3. The van der Waals surface area contributed by atoms with Gasteiger partial charge in [0.1, 0.15) is 5.82 Å². The fraction of sp³-hybridized carbons (Fsp3) is 0.455. The van der Waals surface area contributed by atoms with E-state index in [4.69, 9.17) is 0 Å². The standard InChI is InChI=1S/C11H11F2NO3/c12-8-6-10(14(16)17)9(13)5-7(8)1-2-11(15)3-4-11/h5-6,15H,1-4H2. The molecule has 1 aromatic rings. The molecule has 0 amide bonds. The van der Waals surface area contributed by atoms with Crippen molar-refractivity contribution in [2.75, 3.05) is 0 Å². The first-order valence-corrected chi connectivity index (χ1v) is 5.26. The van der Waals surface area contributed by atoms with Crippen LogP contribution in [0.4, 0.5) is 14.5 Å². The summed E-state index contributed by atoms with van der Waals surface area (Å²) in [5.74, 6) is -1.85. The van der Waals surface area contributed by atoms with Gasteiger partial charge in [-0.15, -0.1) is 0 Å².